The van der Waals surface area contributed by atoms with Gasteiger partial charge in [-0.25, -0.2) is 4.57 Å². The van der Waals surface area contributed by atoms with Crippen molar-refractivity contribution in [3.63, 3.8) is 0 Å². The number of ether oxygens (including phenoxy) is 1. The quantitative estimate of drug-likeness (QED) is 0.286. The molecule has 1 aromatic rings. The minimum atomic E-state index is -4.68. The highest BCUT2D eigenvalue weighted by molar-refractivity contribution is 7.46. The normalized spacial score (nSPS) is 25.5. The topological polar surface area (TPSA) is 168 Å². The van der Waals surface area contributed by atoms with E-state index in [-0.39, 0.29) is 12.2 Å². The van der Waals surface area contributed by atoms with Gasteiger partial charge in [0, 0.05) is 12.5 Å². The molecule has 3 atom stereocenters. The number of rotatable bonds is 5. The molecule has 1 fully saturated rings. The highest BCUT2D eigenvalue weighted by Crippen LogP contribution is 2.37. The second-order valence-corrected chi connectivity index (χ2v) is 5.96. The van der Waals surface area contributed by atoms with Crippen LogP contribution < -0.4 is 16.0 Å². The van der Waals surface area contributed by atoms with Crippen LogP contribution in [0.5, 0.6) is 0 Å². The Bertz CT molecular complexity index is 644. The van der Waals surface area contributed by atoms with Gasteiger partial charge in [-0.05, 0) is 0 Å². The second kappa shape index (κ2) is 6.42. The zero-order valence-corrected chi connectivity index (χ0v) is 12.2. The van der Waals surface area contributed by atoms with Gasteiger partial charge >= 0.3 is 13.5 Å². The molecule has 1 aliphatic heterocycles. The largest absolute Gasteiger partial charge is 0.503 e. The van der Waals surface area contributed by atoms with Crippen molar-refractivity contribution in [2.75, 3.05) is 12.3 Å². The van der Waals surface area contributed by atoms with Crippen molar-refractivity contribution in [2.24, 2.45) is 0 Å². The van der Waals surface area contributed by atoms with Crippen LogP contribution in [0.3, 0.4) is 0 Å². The van der Waals surface area contributed by atoms with Gasteiger partial charge in [-0.2, -0.15) is 13.9 Å². The van der Waals surface area contributed by atoms with Crippen molar-refractivity contribution in [3.8, 4) is 0 Å². The van der Waals surface area contributed by atoms with Crippen LogP contribution in [-0.4, -0.2) is 43.4 Å². The Morgan fingerprint density at radius 2 is 2.23 bits per heavy atom. The van der Waals surface area contributed by atoms with Gasteiger partial charge < -0.3 is 30.5 Å². The molecule has 6 N–H and O–H groups in total. The number of nitrogens with two attached hydrogens (primary N) is 1. The lowest BCUT2D eigenvalue weighted by Crippen LogP contribution is -2.57. The van der Waals surface area contributed by atoms with Gasteiger partial charge in [0.2, 0.25) is 12.0 Å². The fourth-order valence-corrected chi connectivity index (χ4v) is 2.47. The third-order valence-corrected chi connectivity index (χ3v) is 3.72. The Hall–Kier alpha value is -1.33. The first-order valence-electron chi connectivity index (χ1n) is 6.28. The lowest BCUT2D eigenvalue weighted by molar-refractivity contribution is -0.775. The van der Waals surface area contributed by atoms with Gasteiger partial charge in [-0.1, -0.05) is 0 Å². The highest BCUT2D eigenvalue weighted by Gasteiger charge is 2.40. The van der Waals surface area contributed by atoms with Crippen LogP contribution in [0.4, 0.5) is 5.82 Å². The number of anilines is 1. The Balaban J connectivity index is 2.16. The summed E-state index contributed by atoms with van der Waals surface area (Å²) in [7, 11) is -4.68. The van der Waals surface area contributed by atoms with Gasteiger partial charge in [-0.15, -0.1) is 0 Å². The predicted molar refractivity (Wildman–Crippen MR) is 70.1 cm³/mol. The van der Waals surface area contributed by atoms with Crippen molar-refractivity contribution in [3.05, 3.63) is 22.7 Å². The van der Waals surface area contributed by atoms with Crippen LogP contribution in [0.25, 0.3) is 0 Å². The molecule has 0 radical (unpaired) electrons. The number of nitrogens with zero attached hydrogens (tertiary/aromatic N) is 2. The van der Waals surface area contributed by atoms with Crippen molar-refractivity contribution in [1.29, 1.82) is 0 Å². The third-order valence-electron chi connectivity index (χ3n) is 3.23. The number of phosphoric acid groups is 1. The molecular formula is C10H17N3O8P+. The van der Waals surface area contributed by atoms with E-state index >= 15 is 0 Å². The zero-order chi connectivity index (χ0) is 16.5. The molecule has 22 heavy (non-hydrogen) atoms. The predicted octanol–water partition coefficient (Wildman–Crippen LogP) is -2.57. The molecule has 0 unspecified atom stereocenters. The summed E-state index contributed by atoms with van der Waals surface area (Å²) in [6.45, 7) is -1.14. The Labute approximate surface area is 124 Å². The van der Waals surface area contributed by atoms with E-state index in [2.05, 4.69) is 4.52 Å². The SMILES string of the molecule is Nc1cc[n+]([C@H]2C[C@H](O)[C@@H](COP(=O)(O)O)O2)c(=O)n1CO. The summed E-state index contributed by atoms with van der Waals surface area (Å²) in [4.78, 5) is 29.4. The summed E-state index contributed by atoms with van der Waals surface area (Å²) in [5, 5.41) is 19.0. The average molecular weight is 338 g/mol. The first kappa shape index (κ1) is 17.0. The maximum Gasteiger partial charge on any atom is 0.503 e. The Morgan fingerprint density at radius 3 is 2.82 bits per heavy atom. The monoisotopic (exact) mass is 338 g/mol. The smallest absolute Gasteiger partial charge is 0.390 e. The van der Waals surface area contributed by atoms with Gasteiger partial charge in [0.25, 0.3) is 0 Å². The van der Waals surface area contributed by atoms with Crippen LogP contribution in [0.1, 0.15) is 12.6 Å². The molecule has 0 amide bonds. The fraction of sp³-hybridized carbons (Fsp3) is 0.600. The molecular weight excluding hydrogens is 321 g/mol. The van der Waals surface area contributed by atoms with E-state index < -0.39 is 45.3 Å². The fourth-order valence-electron chi connectivity index (χ4n) is 2.13. The van der Waals surface area contributed by atoms with Crippen molar-refractivity contribution < 1.29 is 38.4 Å². The number of nitrogen functional groups attached to an aromatic ring is 1. The first-order valence-corrected chi connectivity index (χ1v) is 7.81. The number of hydrogen-bond donors (Lipinski definition) is 5. The van der Waals surface area contributed by atoms with Gasteiger partial charge in [0.15, 0.2) is 6.73 Å². The summed E-state index contributed by atoms with van der Waals surface area (Å²) in [5.74, 6) is 0.0590. The minimum Gasteiger partial charge on any atom is -0.390 e. The lowest BCUT2D eigenvalue weighted by atomic mass is 10.2. The molecule has 1 aliphatic rings. The molecule has 0 saturated carbocycles. The maximum atomic E-state index is 12.1. The van der Waals surface area contributed by atoms with E-state index in [1.807, 2.05) is 0 Å². The van der Waals surface area contributed by atoms with E-state index in [1.54, 1.807) is 0 Å². The van der Waals surface area contributed by atoms with E-state index in [0.717, 1.165) is 9.13 Å². The molecule has 124 valence electrons. The van der Waals surface area contributed by atoms with Crippen molar-refractivity contribution in [1.82, 2.24) is 4.57 Å². The summed E-state index contributed by atoms with van der Waals surface area (Å²) in [6, 6.07) is 1.38. The Kier molecular flexibility index (Phi) is 4.97. The van der Waals surface area contributed by atoms with Gasteiger partial charge in [0.1, 0.15) is 12.3 Å². The summed E-state index contributed by atoms with van der Waals surface area (Å²) < 4.78 is 22.3. The highest BCUT2D eigenvalue weighted by atomic mass is 31.2. The molecule has 11 nitrogen and oxygen atoms in total. The van der Waals surface area contributed by atoms with Crippen LogP contribution in [0.2, 0.25) is 0 Å². The summed E-state index contributed by atoms with van der Waals surface area (Å²) in [6.07, 6.45) is -1.57. The molecule has 0 bridgehead atoms. The minimum absolute atomic E-state index is 0.0183. The lowest BCUT2D eigenvalue weighted by Gasteiger charge is -2.14. The molecule has 2 rings (SSSR count). The third kappa shape index (κ3) is 3.70. The number of phosphoric ester groups is 1. The number of aliphatic hydroxyl groups is 2. The number of aliphatic hydroxyl groups excluding tert-OH is 2. The molecule has 1 saturated heterocycles. The van der Waals surface area contributed by atoms with Gasteiger partial charge in [0.05, 0.1) is 12.7 Å². The van der Waals surface area contributed by atoms with E-state index in [9.17, 15) is 14.5 Å². The van der Waals surface area contributed by atoms with E-state index in [0.29, 0.717) is 0 Å². The Morgan fingerprint density at radius 1 is 1.55 bits per heavy atom. The number of aromatic nitrogens is 2. The van der Waals surface area contributed by atoms with Crippen LogP contribution in [-0.2, 0) is 20.6 Å². The summed E-state index contributed by atoms with van der Waals surface area (Å²) >= 11 is 0. The van der Waals surface area contributed by atoms with E-state index in [4.69, 9.17) is 25.4 Å². The maximum absolute atomic E-state index is 12.1. The van der Waals surface area contributed by atoms with Crippen molar-refractivity contribution in [2.45, 2.75) is 31.6 Å². The molecule has 12 heteroatoms. The first-order chi connectivity index (χ1) is 10.2. The molecule has 0 spiro atoms. The van der Waals surface area contributed by atoms with Crippen LogP contribution in [0.15, 0.2) is 17.1 Å². The van der Waals surface area contributed by atoms with Crippen LogP contribution in [0, 0.1) is 0 Å². The van der Waals surface area contributed by atoms with E-state index in [1.165, 1.54) is 12.3 Å². The molecule has 2 heterocycles. The van der Waals surface area contributed by atoms with Gasteiger partial charge in [-0.3, -0.25) is 4.52 Å². The molecule has 1 aromatic heterocycles. The second-order valence-electron chi connectivity index (χ2n) is 4.72. The standard InChI is InChI=1S/C10H16N3O8P/c11-8-1-2-12(10(16)13(8)5-14)9-3-6(15)7(21-9)4-20-22(17,18)19/h1-2,6-7,9,11,14-15H,3-5H2,(H2,17,18,19)/p+1/t6-,7+,9+/m0/s1. The molecule has 0 aromatic carbocycles. The average Bonchev–Trinajstić information content (AvgIpc) is 2.77. The van der Waals surface area contributed by atoms with Crippen LogP contribution >= 0.6 is 7.82 Å². The summed E-state index contributed by atoms with van der Waals surface area (Å²) in [5.41, 5.74) is 4.90. The molecule has 0 aliphatic carbocycles. The number of hydrogen-bond acceptors (Lipinski definition) is 7. The van der Waals surface area contributed by atoms with Crippen molar-refractivity contribution >= 4 is 13.6 Å². The zero-order valence-electron chi connectivity index (χ0n) is 11.3.